The Morgan fingerprint density at radius 3 is 2.37 bits per heavy atom. The molecule has 0 saturated carbocycles. The fourth-order valence-electron chi connectivity index (χ4n) is 3.42. The summed E-state index contributed by atoms with van der Waals surface area (Å²) in [7, 11) is 0. The molecule has 2 aromatic heterocycles. The van der Waals surface area contributed by atoms with Crippen molar-refractivity contribution in [3.8, 4) is 5.75 Å². The van der Waals surface area contributed by atoms with E-state index < -0.39 is 11.2 Å². The zero-order valence-electron chi connectivity index (χ0n) is 17.3. The van der Waals surface area contributed by atoms with Gasteiger partial charge < -0.3 is 14.4 Å². The molecule has 162 valence electrons. The van der Waals surface area contributed by atoms with E-state index in [2.05, 4.69) is 4.98 Å². The fourth-order valence-corrected chi connectivity index (χ4v) is 3.55. The molecule has 0 atom stereocenters. The van der Waals surface area contributed by atoms with Gasteiger partial charge in [-0.3, -0.25) is 13.9 Å². The van der Waals surface area contributed by atoms with Crippen LogP contribution in [0.5, 0.6) is 5.75 Å². The Kier molecular flexibility index (Phi) is 7.33. The Balaban J connectivity index is 2.03. The molecule has 0 amide bonds. The second-order valence-corrected chi connectivity index (χ2v) is 7.49. The normalized spacial score (nSPS) is 11.3. The Morgan fingerprint density at radius 2 is 1.73 bits per heavy atom. The number of imidazole rings is 1. The minimum Gasteiger partial charge on any atom is -0.492 e. The molecule has 0 aliphatic carbocycles. The highest BCUT2D eigenvalue weighted by Crippen LogP contribution is 2.16. The van der Waals surface area contributed by atoms with Gasteiger partial charge in [-0.15, -0.1) is 0 Å². The number of fused-ring (bicyclic) bond motifs is 1. The van der Waals surface area contributed by atoms with Crippen LogP contribution in [0.15, 0.2) is 33.9 Å². The van der Waals surface area contributed by atoms with Gasteiger partial charge in [-0.2, -0.15) is 0 Å². The lowest BCUT2D eigenvalue weighted by Gasteiger charge is -2.13. The third-order valence-electron chi connectivity index (χ3n) is 4.91. The van der Waals surface area contributed by atoms with Crippen molar-refractivity contribution in [3.05, 3.63) is 56.0 Å². The SMILES string of the molecule is CCCCn1c(=O)n(CCOc2ccc(Cl)cc2)c(=O)c2c1nc(CO)n2CCC. The molecule has 0 fully saturated rings. The van der Waals surface area contributed by atoms with Gasteiger partial charge in [0.15, 0.2) is 11.2 Å². The summed E-state index contributed by atoms with van der Waals surface area (Å²) in [5.74, 6) is 1.00. The van der Waals surface area contributed by atoms with Gasteiger partial charge in [0.1, 0.15) is 24.8 Å². The lowest BCUT2D eigenvalue weighted by atomic mass is 10.3. The molecule has 0 aliphatic rings. The van der Waals surface area contributed by atoms with E-state index in [9.17, 15) is 14.7 Å². The topological polar surface area (TPSA) is 91.3 Å². The van der Waals surface area contributed by atoms with Crippen LogP contribution in [0.25, 0.3) is 11.2 Å². The van der Waals surface area contributed by atoms with E-state index in [1.165, 1.54) is 9.13 Å². The van der Waals surface area contributed by atoms with Crippen LogP contribution in [-0.2, 0) is 26.2 Å². The van der Waals surface area contributed by atoms with E-state index in [1.54, 1.807) is 28.8 Å². The summed E-state index contributed by atoms with van der Waals surface area (Å²) < 4.78 is 10.1. The zero-order chi connectivity index (χ0) is 21.7. The summed E-state index contributed by atoms with van der Waals surface area (Å²) in [5.41, 5.74) is -0.136. The van der Waals surface area contributed by atoms with Crippen molar-refractivity contribution >= 4 is 22.8 Å². The smallest absolute Gasteiger partial charge is 0.332 e. The number of ether oxygens (including phenoxy) is 1. The van der Waals surface area contributed by atoms with Crippen LogP contribution in [0.4, 0.5) is 0 Å². The molecule has 9 heteroatoms. The van der Waals surface area contributed by atoms with Crippen LogP contribution in [0, 0.1) is 0 Å². The van der Waals surface area contributed by atoms with Gasteiger partial charge in [0.05, 0.1) is 6.54 Å². The van der Waals surface area contributed by atoms with E-state index in [0.29, 0.717) is 40.8 Å². The van der Waals surface area contributed by atoms with Crippen LogP contribution in [0.3, 0.4) is 0 Å². The summed E-state index contributed by atoms with van der Waals surface area (Å²) in [5, 5.41) is 10.3. The molecule has 0 aliphatic heterocycles. The maximum Gasteiger partial charge on any atom is 0.332 e. The average molecular weight is 435 g/mol. The summed E-state index contributed by atoms with van der Waals surface area (Å²) in [6.07, 6.45) is 2.45. The minimum atomic E-state index is -0.414. The average Bonchev–Trinajstić information content (AvgIpc) is 3.10. The van der Waals surface area contributed by atoms with E-state index in [-0.39, 0.29) is 19.8 Å². The Labute approximate surface area is 179 Å². The number of aliphatic hydroxyl groups excluding tert-OH is 1. The first-order valence-corrected chi connectivity index (χ1v) is 10.6. The van der Waals surface area contributed by atoms with Gasteiger partial charge in [0.2, 0.25) is 0 Å². The molecule has 3 rings (SSSR count). The molecule has 2 heterocycles. The number of rotatable bonds is 10. The van der Waals surface area contributed by atoms with Crippen LogP contribution >= 0.6 is 11.6 Å². The van der Waals surface area contributed by atoms with Gasteiger partial charge >= 0.3 is 5.69 Å². The number of hydrogen-bond acceptors (Lipinski definition) is 5. The van der Waals surface area contributed by atoms with Crippen molar-refractivity contribution < 1.29 is 9.84 Å². The monoisotopic (exact) mass is 434 g/mol. The molecule has 1 N–H and O–H groups in total. The molecule has 8 nitrogen and oxygen atoms in total. The van der Waals surface area contributed by atoms with Crippen LogP contribution < -0.4 is 16.0 Å². The van der Waals surface area contributed by atoms with Crippen molar-refractivity contribution in [1.29, 1.82) is 0 Å². The fraction of sp³-hybridized carbons (Fsp3) is 0.476. The first-order valence-electron chi connectivity index (χ1n) is 10.2. The maximum atomic E-state index is 13.2. The van der Waals surface area contributed by atoms with Gasteiger partial charge in [-0.1, -0.05) is 31.9 Å². The van der Waals surface area contributed by atoms with E-state index in [0.717, 1.165) is 19.3 Å². The molecule has 0 spiro atoms. The Hall–Kier alpha value is -2.58. The number of unbranched alkanes of at least 4 members (excludes halogenated alkanes) is 1. The lowest BCUT2D eigenvalue weighted by molar-refractivity contribution is 0.265. The van der Waals surface area contributed by atoms with Crippen LogP contribution in [0.2, 0.25) is 5.02 Å². The third-order valence-corrected chi connectivity index (χ3v) is 5.17. The van der Waals surface area contributed by atoms with E-state index in [4.69, 9.17) is 16.3 Å². The van der Waals surface area contributed by atoms with Crippen molar-refractivity contribution in [2.24, 2.45) is 0 Å². The maximum absolute atomic E-state index is 13.2. The number of aliphatic hydroxyl groups is 1. The highest BCUT2D eigenvalue weighted by atomic mass is 35.5. The van der Waals surface area contributed by atoms with Crippen LogP contribution in [-0.4, -0.2) is 30.4 Å². The molecular weight excluding hydrogens is 408 g/mol. The molecule has 30 heavy (non-hydrogen) atoms. The second kappa shape index (κ2) is 9.95. The van der Waals surface area contributed by atoms with Gasteiger partial charge in [-0.25, -0.2) is 9.78 Å². The lowest BCUT2D eigenvalue weighted by Crippen LogP contribution is -2.41. The third kappa shape index (κ3) is 4.44. The van der Waals surface area contributed by atoms with Gasteiger partial charge in [-0.05, 0) is 37.1 Å². The first-order chi connectivity index (χ1) is 14.5. The molecule has 3 aromatic rings. The number of halogens is 1. The standard InChI is InChI=1S/C21H27ClN4O4/c1-3-5-11-25-19-18(24(10-4-2)17(14-27)23-19)20(28)26(21(25)29)12-13-30-16-8-6-15(22)7-9-16/h6-9,27H,3-5,10-14H2,1-2H3. The van der Waals surface area contributed by atoms with E-state index >= 15 is 0 Å². The number of hydrogen-bond donors (Lipinski definition) is 1. The number of nitrogens with zero attached hydrogens (tertiary/aromatic N) is 4. The predicted molar refractivity (Wildman–Crippen MR) is 116 cm³/mol. The second-order valence-electron chi connectivity index (χ2n) is 7.06. The molecule has 1 aromatic carbocycles. The molecule has 0 unspecified atom stereocenters. The largest absolute Gasteiger partial charge is 0.492 e. The van der Waals surface area contributed by atoms with E-state index in [1.807, 2.05) is 13.8 Å². The quantitative estimate of drug-likeness (QED) is 0.529. The summed E-state index contributed by atoms with van der Waals surface area (Å²) >= 11 is 5.88. The van der Waals surface area contributed by atoms with Crippen LogP contribution in [0.1, 0.15) is 38.9 Å². The molecule has 0 bridgehead atoms. The summed E-state index contributed by atoms with van der Waals surface area (Å²) in [4.78, 5) is 30.7. The summed E-state index contributed by atoms with van der Waals surface area (Å²) in [6.45, 7) is 4.98. The Morgan fingerprint density at radius 1 is 1.00 bits per heavy atom. The van der Waals surface area contributed by atoms with Crippen molar-refractivity contribution in [1.82, 2.24) is 18.7 Å². The summed E-state index contributed by atoms with van der Waals surface area (Å²) in [6, 6.07) is 6.90. The van der Waals surface area contributed by atoms with Gasteiger partial charge in [0.25, 0.3) is 5.56 Å². The molecule has 0 radical (unpaired) electrons. The van der Waals surface area contributed by atoms with Crippen molar-refractivity contribution in [2.45, 2.75) is 59.4 Å². The highest BCUT2D eigenvalue weighted by Gasteiger charge is 2.20. The first kappa shape index (κ1) is 22.1. The molecule has 0 saturated heterocycles. The highest BCUT2D eigenvalue weighted by molar-refractivity contribution is 6.30. The van der Waals surface area contributed by atoms with Crippen molar-refractivity contribution in [3.63, 3.8) is 0 Å². The predicted octanol–water partition coefficient (Wildman–Crippen LogP) is 2.79. The molecular formula is C21H27ClN4O4. The zero-order valence-corrected chi connectivity index (χ0v) is 18.1. The number of aryl methyl sites for hydroxylation is 2. The Bertz CT molecular complexity index is 1120. The van der Waals surface area contributed by atoms with Gasteiger partial charge in [0, 0.05) is 18.1 Å². The minimum absolute atomic E-state index is 0.105. The number of aromatic nitrogens is 4. The number of benzene rings is 1. The van der Waals surface area contributed by atoms with Crippen molar-refractivity contribution in [2.75, 3.05) is 6.61 Å².